The summed E-state index contributed by atoms with van der Waals surface area (Å²) >= 11 is 11.8. The van der Waals surface area contributed by atoms with Gasteiger partial charge in [0.15, 0.2) is 0 Å². The number of amides is 1. The molecule has 0 spiro atoms. The van der Waals surface area contributed by atoms with Crippen molar-refractivity contribution in [3.63, 3.8) is 0 Å². The van der Waals surface area contributed by atoms with Crippen LogP contribution >= 0.6 is 23.2 Å². The Morgan fingerprint density at radius 1 is 1.50 bits per heavy atom. The number of hydrogen-bond donors (Lipinski definition) is 3. The van der Waals surface area contributed by atoms with Crippen LogP contribution in [0.15, 0.2) is 12.1 Å². The Balaban J connectivity index is 2.90. The largest absolute Gasteiger partial charge is 0.399 e. The van der Waals surface area contributed by atoms with Crippen molar-refractivity contribution in [3.8, 4) is 0 Å². The van der Waals surface area contributed by atoms with Crippen molar-refractivity contribution in [1.29, 1.82) is 0 Å². The molecule has 1 rings (SSSR count). The van der Waals surface area contributed by atoms with Crippen LogP contribution in [0.2, 0.25) is 10.0 Å². The molecule has 0 aliphatic heterocycles. The van der Waals surface area contributed by atoms with E-state index in [0.717, 1.165) is 6.42 Å². The zero-order chi connectivity index (χ0) is 13.7. The molecule has 4 N–H and O–H groups in total. The lowest BCUT2D eigenvalue weighted by atomic mass is 10.1. The van der Waals surface area contributed by atoms with Crippen molar-refractivity contribution in [2.24, 2.45) is 0 Å². The molecule has 100 valence electrons. The summed E-state index contributed by atoms with van der Waals surface area (Å²) in [6.45, 7) is 1.94. The van der Waals surface area contributed by atoms with Crippen molar-refractivity contribution in [2.45, 2.75) is 25.8 Å². The van der Waals surface area contributed by atoms with E-state index in [2.05, 4.69) is 5.32 Å². The minimum atomic E-state index is -0.338. The molecule has 0 saturated heterocycles. The summed E-state index contributed by atoms with van der Waals surface area (Å²) in [4.78, 5) is 12.0. The molecule has 0 fully saturated rings. The van der Waals surface area contributed by atoms with Crippen LogP contribution < -0.4 is 11.1 Å². The molecule has 0 aliphatic carbocycles. The molecule has 1 unspecified atom stereocenters. The minimum Gasteiger partial charge on any atom is -0.399 e. The fraction of sp³-hybridized carbons (Fsp3) is 0.417. The number of rotatable bonds is 5. The number of anilines is 1. The van der Waals surface area contributed by atoms with E-state index in [9.17, 15) is 4.79 Å². The number of nitrogens with one attached hydrogen (secondary N) is 1. The summed E-state index contributed by atoms with van der Waals surface area (Å²) in [5, 5.41) is 12.1. The second-order valence-corrected chi connectivity index (χ2v) is 4.74. The predicted molar refractivity (Wildman–Crippen MR) is 74.1 cm³/mol. The molecule has 6 heteroatoms. The van der Waals surface area contributed by atoms with Crippen LogP contribution in [0.5, 0.6) is 0 Å². The molecular formula is C12H16Cl2N2O2. The van der Waals surface area contributed by atoms with Crippen LogP contribution in [-0.4, -0.2) is 23.7 Å². The van der Waals surface area contributed by atoms with Gasteiger partial charge in [0, 0.05) is 18.3 Å². The SMILES string of the molecule is CCC(CCO)NC(=O)c1cc(N)cc(Cl)c1Cl. The third kappa shape index (κ3) is 3.77. The zero-order valence-electron chi connectivity index (χ0n) is 10.0. The van der Waals surface area contributed by atoms with Crippen LogP contribution in [0, 0.1) is 0 Å². The Morgan fingerprint density at radius 2 is 2.17 bits per heavy atom. The molecule has 18 heavy (non-hydrogen) atoms. The maximum absolute atomic E-state index is 12.0. The molecular weight excluding hydrogens is 275 g/mol. The van der Waals surface area contributed by atoms with Gasteiger partial charge in [0.05, 0.1) is 15.6 Å². The molecule has 0 aromatic heterocycles. The van der Waals surface area contributed by atoms with E-state index in [1.54, 1.807) is 0 Å². The Morgan fingerprint density at radius 3 is 2.72 bits per heavy atom. The Labute approximate surface area is 116 Å². The van der Waals surface area contributed by atoms with Crippen molar-refractivity contribution in [3.05, 3.63) is 27.7 Å². The topological polar surface area (TPSA) is 75.3 Å². The normalized spacial score (nSPS) is 12.2. The van der Waals surface area contributed by atoms with Crippen molar-refractivity contribution < 1.29 is 9.90 Å². The van der Waals surface area contributed by atoms with Gasteiger partial charge in [-0.25, -0.2) is 0 Å². The van der Waals surface area contributed by atoms with Crippen molar-refractivity contribution >= 4 is 34.8 Å². The summed E-state index contributed by atoms with van der Waals surface area (Å²) < 4.78 is 0. The summed E-state index contributed by atoms with van der Waals surface area (Å²) in [5.74, 6) is -0.338. The van der Waals surface area contributed by atoms with Gasteiger partial charge in [0.1, 0.15) is 0 Å². The number of carbonyl (C=O) groups is 1. The van der Waals surface area contributed by atoms with Gasteiger partial charge in [-0.15, -0.1) is 0 Å². The van der Waals surface area contributed by atoms with Gasteiger partial charge < -0.3 is 16.2 Å². The highest BCUT2D eigenvalue weighted by Gasteiger charge is 2.17. The Bertz CT molecular complexity index is 438. The molecule has 0 saturated carbocycles. The molecule has 1 atom stereocenters. The monoisotopic (exact) mass is 290 g/mol. The summed E-state index contributed by atoms with van der Waals surface area (Å²) in [7, 11) is 0. The lowest BCUT2D eigenvalue weighted by molar-refractivity contribution is 0.0929. The number of carbonyl (C=O) groups excluding carboxylic acids is 1. The quantitative estimate of drug-likeness (QED) is 0.729. The van der Waals surface area contributed by atoms with Gasteiger partial charge in [-0.05, 0) is 25.0 Å². The zero-order valence-corrected chi connectivity index (χ0v) is 11.6. The number of nitrogens with two attached hydrogens (primary N) is 1. The Kier molecular flexibility index (Phi) is 5.72. The number of aliphatic hydroxyl groups excluding tert-OH is 1. The Hall–Kier alpha value is -0.970. The number of nitrogen functional groups attached to an aromatic ring is 1. The molecule has 0 radical (unpaired) electrons. The van der Waals surface area contributed by atoms with Gasteiger partial charge >= 0.3 is 0 Å². The lowest BCUT2D eigenvalue weighted by Gasteiger charge is -2.16. The summed E-state index contributed by atoms with van der Waals surface area (Å²) in [6, 6.07) is 2.87. The first-order valence-electron chi connectivity index (χ1n) is 5.65. The van der Waals surface area contributed by atoms with E-state index < -0.39 is 0 Å². The molecule has 0 aliphatic rings. The van der Waals surface area contributed by atoms with Gasteiger partial charge in [0.25, 0.3) is 5.91 Å². The van der Waals surface area contributed by atoms with E-state index in [-0.39, 0.29) is 34.2 Å². The van der Waals surface area contributed by atoms with E-state index in [0.29, 0.717) is 12.1 Å². The molecule has 1 amide bonds. The first-order chi connectivity index (χ1) is 8.49. The average molecular weight is 291 g/mol. The van der Waals surface area contributed by atoms with E-state index in [1.165, 1.54) is 12.1 Å². The van der Waals surface area contributed by atoms with Crippen LogP contribution in [-0.2, 0) is 0 Å². The van der Waals surface area contributed by atoms with Crippen molar-refractivity contribution in [1.82, 2.24) is 5.32 Å². The lowest BCUT2D eigenvalue weighted by Crippen LogP contribution is -2.35. The number of hydrogen-bond acceptors (Lipinski definition) is 3. The predicted octanol–water partition coefficient (Wildman–Crippen LogP) is 2.47. The molecule has 0 bridgehead atoms. The highest BCUT2D eigenvalue weighted by Crippen LogP contribution is 2.28. The first kappa shape index (κ1) is 15.1. The second-order valence-electron chi connectivity index (χ2n) is 3.96. The van der Waals surface area contributed by atoms with Crippen LogP contribution in [0.4, 0.5) is 5.69 Å². The number of halogens is 2. The molecule has 4 nitrogen and oxygen atoms in total. The highest BCUT2D eigenvalue weighted by molar-refractivity contribution is 6.44. The van der Waals surface area contributed by atoms with Gasteiger partial charge in [-0.1, -0.05) is 30.1 Å². The summed E-state index contributed by atoms with van der Waals surface area (Å²) in [5.41, 5.74) is 6.25. The fourth-order valence-electron chi connectivity index (χ4n) is 1.57. The third-order valence-corrected chi connectivity index (χ3v) is 3.40. The standard InChI is InChI=1S/C12H16Cl2N2O2/c1-2-8(3-4-17)16-12(18)9-5-7(15)6-10(13)11(9)14/h5-6,8,17H,2-4,15H2,1H3,(H,16,18). The van der Waals surface area contributed by atoms with Crippen LogP contribution in [0.3, 0.4) is 0 Å². The second kappa shape index (κ2) is 6.83. The van der Waals surface area contributed by atoms with E-state index in [4.69, 9.17) is 34.0 Å². The molecule has 1 aromatic carbocycles. The van der Waals surface area contributed by atoms with E-state index >= 15 is 0 Å². The number of aliphatic hydroxyl groups is 1. The van der Waals surface area contributed by atoms with Gasteiger partial charge in [-0.2, -0.15) is 0 Å². The average Bonchev–Trinajstić information content (AvgIpc) is 2.32. The molecule has 0 heterocycles. The molecule has 1 aromatic rings. The highest BCUT2D eigenvalue weighted by atomic mass is 35.5. The van der Waals surface area contributed by atoms with Gasteiger partial charge in [0.2, 0.25) is 0 Å². The van der Waals surface area contributed by atoms with Crippen LogP contribution in [0.25, 0.3) is 0 Å². The first-order valence-corrected chi connectivity index (χ1v) is 6.41. The van der Waals surface area contributed by atoms with Gasteiger partial charge in [-0.3, -0.25) is 4.79 Å². The smallest absolute Gasteiger partial charge is 0.253 e. The van der Waals surface area contributed by atoms with Crippen LogP contribution in [0.1, 0.15) is 30.1 Å². The minimum absolute atomic E-state index is 0.0181. The van der Waals surface area contributed by atoms with E-state index in [1.807, 2.05) is 6.92 Å². The summed E-state index contributed by atoms with van der Waals surface area (Å²) in [6.07, 6.45) is 1.22. The van der Waals surface area contributed by atoms with Crippen molar-refractivity contribution in [2.75, 3.05) is 12.3 Å². The fourth-order valence-corrected chi connectivity index (χ4v) is 2.00. The maximum Gasteiger partial charge on any atom is 0.253 e. The third-order valence-electron chi connectivity index (χ3n) is 2.60. The maximum atomic E-state index is 12.0. The number of benzene rings is 1.